The summed E-state index contributed by atoms with van der Waals surface area (Å²) in [6.07, 6.45) is 14.8. The molecule has 0 aliphatic carbocycles. The van der Waals surface area contributed by atoms with Gasteiger partial charge in [0, 0.05) is 52.4 Å². The minimum Gasteiger partial charge on any atom is -0.306 e. The van der Waals surface area contributed by atoms with E-state index in [1.54, 1.807) is 30.9 Å². The lowest BCUT2D eigenvalue weighted by Crippen LogP contribution is -2.02. The van der Waals surface area contributed by atoms with Gasteiger partial charge in [-0.25, -0.2) is 15.0 Å². The van der Waals surface area contributed by atoms with Gasteiger partial charge >= 0.3 is 0 Å². The molecule has 0 saturated carbocycles. The van der Waals surface area contributed by atoms with Crippen LogP contribution >= 0.6 is 0 Å². The number of nitrogens with zero attached hydrogens (tertiary/aromatic N) is 7. The molecule has 42 heavy (non-hydrogen) atoms. The normalized spacial score (nSPS) is 12.3. The third-order valence-electron chi connectivity index (χ3n) is 7.22. The predicted octanol–water partition coefficient (Wildman–Crippen LogP) is 7.62. The van der Waals surface area contributed by atoms with E-state index in [4.69, 9.17) is 19.9 Å². The summed E-state index contributed by atoms with van der Waals surface area (Å²) in [7, 11) is 0. The number of aromatic nitrogens is 7. The van der Waals surface area contributed by atoms with E-state index < -0.39 is 0 Å². The molecular weight excluding hydrogens is 518 g/mol. The fraction of sp³-hybridized carbons (Fsp3) is 0.0286. The van der Waals surface area contributed by atoms with Gasteiger partial charge in [0.2, 0.25) is 0 Å². The van der Waals surface area contributed by atoms with E-state index >= 15 is 0 Å². The third kappa shape index (κ3) is 4.43. The van der Waals surface area contributed by atoms with Gasteiger partial charge < -0.3 is 4.40 Å². The summed E-state index contributed by atoms with van der Waals surface area (Å²) in [4.78, 5) is 27.6. The Balaban J connectivity index is 1.38. The number of hydrogen-bond donors (Lipinski definition) is 0. The summed E-state index contributed by atoms with van der Waals surface area (Å²) in [6, 6.07) is 24.3. The first-order valence-electron chi connectivity index (χ1n) is 13.6. The van der Waals surface area contributed by atoms with E-state index in [2.05, 4.69) is 64.3 Å². The zero-order chi connectivity index (χ0) is 28.5. The topological polar surface area (TPSA) is 81.8 Å². The summed E-state index contributed by atoms with van der Waals surface area (Å²) in [5.74, 6) is 1.58. The van der Waals surface area contributed by atoms with Crippen LogP contribution in [-0.2, 0) is 0 Å². The van der Waals surface area contributed by atoms with Crippen LogP contribution < -0.4 is 0 Å². The average Bonchev–Trinajstić information content (AvgIpc) is 3.41. The van der Waals surface area contributed by atoms with Crippen LogP contribution in [-0.4, -0.2) is 34.3 Å². The monoisotopic (exact) mass is 543 g/mol. The van der Waals surface area contributed by atoms with E-state index in [9.17, 15) is 0 Å². The van der Waals surface area contributed by atoms with Gasteiger partial charge in [-0.15, -0.1) is 0 Å². The summed E-state index contributed by atoms with van der Waals surface area (Å²) in [5.41, 5.74) is 8.80. The molecule has 5 heterocycles. The molecule has 0 atom stereocenters. The molecule has 0 bridgehead atoms. The maximum absolute atomic E-state index is 4.81. The minimum atomic E-state index is 0.515. The van der Waals surface area contributed by atoms with E-state index in [1.807, 2.05) is 54.7 Å². The molecule has 7 heteroatoms. The fourth-order valence-corrected chi connectivity index (χ4v) is 5.23. The van der Waals surface area contributed by atoms with Crippen LogP contribution in [0, 0.1) is 0 Å². The van der Waals surface area contributed by atoms with Gasteiger partial charge in [0.25, 0.3) is 0 Å². The summed E-state index contributed by atoms with van der Waals surface area (Å²) >= 11 is 0. The zero-order valence-electron chi connectivity index (χ0n) is 22.9. The standard InChI is InChI=1S/C35H25N7/c1-3-24(33-39-34(25-10-8-18-36-20-25)41-35(40-33)26-11-9-19-37-21-26)17-16-23(2)32-27-12-4-6-14-29(27)42-30-15-7-5-13-28(30)38-22-31(32)42/h3-22H,1H2,2H3/b23-16+,24-17+. The van der Waals surface area contributed by atoms with Crippen LogP contribution in [0.5, 0.6) is 0 Å². The average molecular weight is 544 g/mol. The smallest absolute Gasteiger partial charge is 0.165 e. The van der Waals surface area contributed by atoms with Crippen molar-refractivity contribution < 1.29 is 0 Å². The first-order valence-corrected chi connectivity index (χ1v) is 13.6. The lowest BCUT2D eigenvalue weighted by atomic mass is 10.0. The molecule has 200 valence electrons. The van der Waals surface area contributed by atoms with Crippen LogP contribution in [0.2, 0.25) is 0 Å². The maximum atomic E-state index is 4.81. The Morgan fingerprint density at radius 1 is 0.690 bits per heavy atom. The van der Waals surface area contributed by atoms with Crippen molar-refractivity contribution in [3.05, 3.63) is 140 Å². The Morgan fingerprint density at radius 2 is 1.36 bits per heavy atom. The molecule has 0 aliphatic heterocycles. The zero-order valence-corrected chi connectivity index (χ0v) is 22.9. The van der Waals surface area contributed by atoms with Crippen molar-refractivity contribution in [2.75, 3.05) is 0 Å². The Bertz CT molecular complexity index is 2100. The Kier molecular flexibility index (Phi) is 6.37. The van der Waals surface area contributed by atoms with Gasteiger partial charge in [-0.1, -0.05) is 55.1 Å². The summed E-state index contributed by atoms with van der Waals surface area (Å²) in [5, 5.41) is 1.16. The Labute approximate surface area is 242 Å². The van der Waals surface area contributed by atoms with Crippen LogP contribution in [0.25, 0.3) is 61.4 Å². The SMILES string of the molecule is C=C/C(=C\C=C(/C)c1c2ccccc2n2c1cnc1ccccc12)c1nc(-c2cccnc2)nc(-c2cccnc2)n1. The lowest BCUT2D eigenvalue weighted by Gasteiger charge is -2.08. The van der Waals surface area contributed by atoms with E-state index in [1.165, 1.54) is 0 Å². The maximum Gasteiger partial charge on any atom is 0.165 e. The molecule has 7 nitrogen and oxygen atoms in total. The molecule has 0 saturated heterocycles. The molecule has 0 radical (unpaired) electrons. The van der Waals surface area contributed by atoms with Crippen LogP contribution in [0.3, 0.4) is 0 Å². The highest BCUT2D eigenvalue weighted by atomic mass is 15.0. The highest BCUT2D eigenvalue weighted by molar-refractivity contribution is 6.04. The number of allylic oxidation sites excluding steroid dienone is 5. The molecule has 5 aromatic heterocycles. The van der Waals surface area contributed by atoms with Gasteiger partial charge in [0.05, 0.1) is 28.3 Å². The fourth-order valence-electron chi connectivity index (χ4n) is 5.23. The second-order valence-electron chi connectivity index (χ2n) is 9.83. The largest absolute Gasteiger partial charge is 0.306 e. The third-order valence-corrected chi connectivity index (χ3v) is 7.22. The Hall–Kier alpha value is -5.82. The highest BCUT2D eigenvalue weighted by Gasteiger charge is 2.16. The minimum absolute atomic E-state index is 0.515. The van der Waals surface area contributed by atoms with Gasteiger partial charge in [-0.3, -0.25) is 15.0 Å². The van der Waals surface area contributed by atoms with E-state index in [0.717, 1.165) is 55.3 Å². The van der Waals surface area contributed by atoms with Crippen LogP contribution in [0.15, 0.2) is 129 Å². The molecule has 0 N–H and O–H groups in total. The van der Waals surface area contributed by atoms with Crippen molar-refractivity contribution in [3.8, 4) is 22.8 Å². The Morgan fingerprint density at radius 3 is 2.02 bits per heavy atom. The van der Waals surface area contributed by atoms with Crippen molar-refractivity contribution >= 4 is 38.6 Å². The number of para-hydroxylation sites is 3. The number of fused-ring (bicyclic) bond motifs is 5. The first-order chi connectivity index (χ1) is 20.7. The molecule has 0 aliphatic rings. The molecule has 0 unspecified atom stereocenters. The van der Waals surface area contributed by atoms with Crippen LogP contribution in [0.1, 0.15) is 18.3 Å². The number of rotatable bonds is 6. The van der Waals surface area contributed by atoms with Crippen molar-refractivity contribution in [2.24, 2.45) is 0 Å². The van der Waals surface area contributed by atoms with Crippen molar-refractivity contribution in [3.63, 3.8) is 0 Å². The van der Waals surface area contributed by atoms with E-state index in [0.29, 0.717) is 17.5 Å². The molecule has 0 amide bonds. The quantitative estimate of drug-likeness (QED) is 0.201. The van der Waals surface area contributed by atoms with Crippen molar-refractivity contribution in [1.82, 2.24) is 34.3 Å². The summed E-state index contributed by atoms with van der Waals surface area (Å²) in [6.45, 7) is 6.19. The number of pyridine rings is 2. The highest BCUT2D eigenvalue weighted by Crippen LogP contribution is 2.34. The van der Waals surface area contributed by atoms with E-state index in [-0.39, 0.29) is 0 Å². The molecule has 0 fully saturated rings. The van der Waals surface area contributed by atoms with Crippen molar-refractivity contribution in [2.45, 2.75) is 6.92 Å². The molecular formula is C35H25N7. The molecule has 0 spiro atoms. The number of hydrogen-bond acceptors (Lipinski definition) is 6. The first kappa shape index (κ1) is 25.2. The van der Waals surface area contributed by atoms with Gasteiger partial charge in [-0.05, 0) is 55.0 Å². The second-order valence-corrected chi connectivity index (χ2v) is 9.83. The molecule has 7 rings (SSSR count). The van der Waals surface area contributed by atoms with Gasteiger partial charge in [0.15, 0.2) is 17.5 Å². The second kappa shape index (κ2) is 10.6. The van der Waals surface area contributed by atoms with Crippen LogP contribution in [0.4, 0.5) is 0 Å². The molecule has 7 aromatic rings. The van der Waals surface area contributed by atoms with Crippen molar-refractivity contribution in [1.29, 1.82) is 0 Å². The van der Waals surface area contributed by atoms with Gasteiger partial charge in [-0.2, -0.15) is 0 Å². The lowest BCUT2D eigenvalue weighted by molar-refractivity contribution is 1.03. The van der Waals surface area contributed by atoms with Gasteiger partial charge in [0.1, 0.15) is 0 Å². The predicted molar refractivity (Wildman–Crippen MR) is 168 cm³/mol. The summed E-state index contributed by atoms with van der Waals surface area (Å²) < 4.78 is 2.29. The number of benzene rings is 2. The molecule has 2 aromatic carbocycles.